The first-order valence-corrected chi connectivity index (χ1v) is 7.24. The lowest BCUT2D eigenvalue weighted by atomic mass is 10.1. The second-order valence-corrected chi connectivity index (χ2v) is 5.31. The normalized spacial score (nSPS) is 11.5. The quantitative estimate of drug-likeness (QED) is 0.697. The van der Waals surface area contributed by atoms with Gasteiger partial charge in [-0.15, -0.1) is 0 Å². The fraction of sp³-hybridized carbons (Fsp3) is 0.625. The van der Waals surface area contributed by atoms with Crippen LogP contribution in [0.2, 0.25) is 0 Å². The van der Waals surface area contributed by atoms with Gasteiger partial charge in [0.2, 0.25) is 0 Å². The van der Waals surface area contributed by atoms with E-state index in [0.717, 1.165) is 32.8 Å². The van der Waals surface area contributed by atoms with Crippen LogP contribution in [0.3, 0.4) is 0 Å². The molecular weight excluding hydrogens is 236 g/mol. The Bertz CT molecular complexity index is 352. The van der Waals surface area contributed by atoms with E-state index in [0.29, 0.717) is 12.5 Å². The molecule has 1 rings (SSSR count). The van der Waals surface area contributed by atoms with E-state index < -0.39 is 0 Å². The van der Waals surface area contributed by atoms with Crippen molar-refractivity contribution in [3.63, 3.8) is 0 Å². The summed E-state index contributed by atoms with van der Waals surface area (Å²) in [5, 5.41) is 0. The van der Waals surface area contributed by atoms with E-state index >= 15 is 0 Å². The Morgan fingerprint density at radius 1 is 1.21 bits per heavy atom. The van der Waals surface area contributed by atoms with Gasteiger partial charge in [0.15, 0.2) is 0 Å². The number of likely N-dealkylation sites (N-methyl/N-ethyl adjacent to an activating group) is 1. The lowest BCUT2D eigenvalue weighted by Crippen LogP contribution is -2.28. The predicted molar refractivity (Wildman–Crippen MR) is 80.9 cm³/mol. The monoisotopic (exact) mass is 264 g/mol. The molecule has 108 valence electrons. The highest BCUT2D eigenvalue weighted by Crippen LogP contribution is 2.11. The lowest BCUT2D eigenvalue weighted by Gasteiger charge is -2.22. The first-order chi connectivity index (χ1) is 9.17. The summed E-state index contributed by atoms with van der Waals surface area (Å²) in [6, 6.07) is 8.41. The van der Waals surface area contributed by atoms with E-state index in [1.54, 1.807) is 0 Å². The van der Waals surface area contributed by atoms with Crippen LogP contribution in [0.25, 0.3) is 0 Å². The molecule has 0 aliphatic heterocycles. The largest absolute Gasteiger partial charge is 0.380 e. The molecule has 0 saturated heterocycles. The van der Waals surface area contributed by atoms with Gasteiger partial charge in [-0.05, 0) is 23.6 Å². The zero-order valence-electron chi connectivity index (χ0n) is 12.6. The smallest absolute Gasteiger partial charge is 0.0593 e. The van der Waals surface area contributed by atoms with Crippen molar-refractivity contribution in [3.8, 4) is 0 Å². The SMILES string of the molecule is CCN(CCOCC(C)C)Cc1ccccc1CN. The summed E-state index contributed by atoms with van der Waals surface area (Å²) in [5.74, 6) is 0.605. The van der Waals surface area contributed by atoms with E-state index in [1.807, 2.05) is 6.07 Å². The number of nitrogens with two attached hydrogens (primary N) is 1. The number of hydrogen-bond donors (Lipinski definition) is 1. The van der Waals surface area contributed by atoms with Crippen LogP contribution >= 0.6 is 0 Å². The van der Waals surface area contributed by atoms with Gasteiger partial charge in [-0.1, -0.05) is 45.0 Å². The maximum absolute atomic E-state index is 5.78. The van der Waals surface area contributed by atoms with E-state index in [1.165, 1.54) is 11.1 Å². The molecule has 0 unspecified atom stereocenters. The first kappa shape index (κ1) is 16.2. The Hall–Kier alpha value is -0.900. The molecule has 1 aromatic carbocycles. The van der Waals surface area contributed by atoms with Gasteiger partial charge in [0.05, 0.1) is 6.61 Å². The average Bonchev–Trinajstić information content (AvgIpc) is 2.42. The third-order valence-electron chi connectivity index (χ3n) is 3.18. The second kappa shape index (κ2) is 9.08. The van der Waals surface area contributed by atoms with Crippen molar-refractivity contribution >= 4 is 0 Å². The third kappa shape index (κ3) is 6.19. The summed E-state index contributed by atoms with van der Waals surface area (Å²) in [7, 11) is 0. The number of nitrogens with zero attached hydrogens (tertiary/aromatic N) is 1. The Labute approximate surface area is 117 Å². The maximum atomic E-state index is 5.78. The number of benzene rings is 1. The van der Waals surface area contributed by atoms with Crippen molar-refractivity contribution in [2.45, 2.75) is 33.9 Å². The summed E-state index contributed by atoms with van der Waals surface area (Å²) in [4.78, 5) is 2.40. The summed E-state index contributed by atoms with van der Waals surface area (Å²) < 4.78 is 5.66. The molecule has 0 bridgehead atoms. The zero-order valence-corrected chi connectivity index (χ0v) is 12.6. The number of rotatable bonds is 9. The molecule has 0 aliphatic carbocycles. The number of hydrogen-bond acceptors (Lipinski definition) is 3. The Morgan fingerprint density at radius 3 is 2.47 bits per heavy atom. The summed E-state index contributed by atoms with van der Waals surface area (Å²) in [6.07, 6.45) is 0. The minimum absolute atomic E-state index is 0.605. The predicted octanol–water partition coefficient (Wildman–Crippen LogP) is 2.64. The van der Waals surface area contributed by atoms with E-state index in [-0.39, 0.29) is 0 Å². The number of ether oxygens (including phenoxy) is 1. The van der Waals surface area contributed by atoms with Crippen LogP contribution < -0.4 is 5.73 Å². The molecule has 0 aromatic heterocycles. The van der Waals surface area contributed by atoms with Crippen molar-refractivity contribution in [1.82, 2.24) is 4.90 Å². The Morgan fingerprint density at radius 2 is 1.89 bits per heavy atom. The van der Waals surface area contributed by atoms with Gasteiger partial charge in [-0.2, -0.15) is 0 Å². The molecule has 1 aromatic rings. The average molecular weight is 264 g/mol. The van der Waals surface area contributed by atoms with Crippen molar-refractivity contribution in [2.75, 3.05) is 26.3 Å². The van der Waals surface area contributed by atoms with Gasteiger partial charge in [-0.25, -0.2) is 0 Å². The molecule has 0 saturated carbocycles. The standard InChI is InChI=1S/C16H28N2O/c1-4-18(9-10-19-13-14(2)3)12-16-8-6-5-7-15(16)11-17/h5-8,14H,4,9-13,17H2,1-3H3. The van der Waals surface area contributed by atoms with Crippen LogP contribution in [0.1, 0.15) is 31.9 Å². The maximum Gasteiger partial charge on any atom is 0.0593 e. The fourth-order valence-corrected chi connectivity index (χ4v) is 2.01. The molecule has 0 radical (unpaired) electrons. The van der Waals surface area contributed by atoms with Gasteiger partial charge in [-0.3, -0.25) is 4.90 Å². The van der Waals surface area contributed by atoms with Crippen molar-refractivity contribution < 1.29 is 4.74 Å². The molecule has 0 heterocycles. The van der Waals surface area contributed by atoms with Crippen molar-refractivity contribution in [1.29, 1.82) is 0 Å². The van der Waals surface area contributed by atoms with Gasteiger partial charge in [0, 0.05) is 26.2 Å². The lowest BCUT2D eigenvalue weighted by molar-refractivity contribution is 0.0848. The van der Waals surface area contributed by atoms with Gasteiger partial charge >= 0.3 is 0 Å². The highest BCUT2D eigenvalue weighted by molar-refractivity contribution is 5.26. The van der Waals surface area contributed by atoms with Crippen LogP contribution in [-0.2, 0) is 17.8 Å². The van der Waals surface area contributed by atoms with Crippen molar-refractivity contribution in [2.24, 2.45) is 11.7 Å². The molecule has 3 heteroatoms. The molecule has 0 amide bonds. The molecular formula is C16H28N2O. The molecule has 0 spiro atoms. The van der Waals surface area contributed by atoms with E-state index in [9.17, 15) is 0 Å². The summed E-state index contributed by atoms with van der Waals surface area (Å²) in [6.45, 7) is 11.8. The highest BCUT2D eigenvalue weighted by atomic mass is 16.5. The minimum Gasteiger partial charge on any atom is -0.380 e. The van der Waals surface area contributed by atoms with Gasteiger partial charge in [0.1, 0.15) is 0 Å². The molecule has 0 atom stereocenters. The third-order valence-corrected chi connectivity index (χ3v) is 3.18. The van der Waals surface area contributed by atoms with E-state index in [4.69, 9.17) is 10.5 Å². The molecule has 0 fully saturated rings. The van der Waals surface area contributed by atoms with Crippen LogP contribution in [0.15, 0.2) is 24.3 Å². The van der Waals surface area contributed by atoms with Gasteiger partial charge < -0.3 is 10.5 Å². The van der Waals surface area contributed by atoms with Crippen molar-refractivity contribution in [3.05, 3.63) is 35.4 Å². The second-order valence-electron chi connectivity index (χ2n) is 5.31. The summed E-state index contributed by atoms with van der Waals surface area (Å²) >= 11 is 0. The zero-order chi connectivity index (χ0) is 14.1. The molecule has 0 aliphatic rings. The molecule has 19 heavy (non-hydrogen) atoms. The fourth-order valence-electron chi connectivity index (χ4n) is 2.01. The highest BCUT2D eigenvalue weighted by Gasteiger charge is 2.07. The van der Waals surface area contributed by atoms with E-state index in [2.05, 4.69) is 43.9 Å². The van der Waals surface area contributed by atoms with Crippen LogP contribution in [0.4, 0.5) is 0 Å². The van der Waals surface area contributed by atoms with Crippen LogP contribution in [-0.4, -0.2) is 31.2 Å². The topological polar surface area (TPSA) is 38.5 Å². The summed E-state index contributed by atoms with van der Waals surface area (Å²) in [5.41, 5.74) is 8.35. The van der Waals surface area contributed by atoms with Gasteiger partial charge in [0.25, 0.3) is 0 Å². The minimum atomic E-state index is 0.605. The molecule has 2 N–H and O–H groups in total. The Balaban J connectivity index is 2.43. The Kier molecular flexibility index (Phi) is 7.72. The first-order valence-electron chi connectivity index (χ1n) is 7.24. The van der Waals surface area contributed by atoms with Crippen LogP contribution in [0, 0.1) is 5.92 Å². The van der Waals surface area contributed by atoms with Crippen LogP contribution in [0.5, 0.6) is 0 Å². The molecule has 3 nitrogen and oxygen atoms in total.